The fraction of sp³-hybridized carbons (Fsp3) is 0.870. The summed E-state index contributed by atoms with van der Waals surface area (Å²) in [7, 11) is -4.52. The van der Waals surface area contributed by atoms with Gasteiger partial charge in [-0.05, 0) is 45.4 Å². The summed E-state index contributed by atoms with van der Waals surface area (Å²) in [4.78, 5) is 30.0. The zero-order valence-corrected chi connectivity index (χ0v) is 21.2. The van der Waals surface area contributed by atoms with E-state index in [1.54, 1.807) is 0 Å². The summed E-state index contributed by atoms with van der Waals surface area (Å²) in [5.74, 6) is -0.408. The smallest absolute Gasteiger partial charge is 0.460 e. The van der Waals surface area contributed by atoms with Crippen molar-refractivity contribution in [1.29, 1.82) is 0 Å². The zero-order chi connectivity index (χ0) is 23.8. The molecule has 2 unspecified atom stereocenters. The van der Waals surface area contributed by atoms with E-state index in [4.69, 9.17) is 9.26 Å². The van der Waals surface area contributed by atoms with E-state index in [9.17, 15) is 19.1 Å². The van der Waals surface area contributed by atoms with E-state index in [-0.39, 0.29) is 18.8 Å². The molecule has 0 fully saturated rings. The fourth-order valence-electron chi connectivity index (χ4n) is 4.12. The zero-order valence-electron chi connectivity index (χ0n) is 20.3. The number of hydrogen-bond acceptors (Lipinski definition) is 4. The monoisotopic (exact) mass is 464 g/mol. The molecule has 184 valence electrons. The predicted octanol–water partition coefficient (Wildman–Crippen LogP) is 5.36. The van der Waals surface area contributed by atoms with E-state index < -0.39 is 13.8 Å². The van der Waals surface area contributed by atoms with Crippen LogP contribution in [0.25, 0.3) is 0 Å². The third kappa shape index (κ3) is 14.1. The molecule has 2 N–H and O–H groups in total. The van der Waals surface area contributed by atoms with Gasteiger partial charge in [-0.1, -0.05) is 46.6 Å². The number of quaternary nitrogens is 1. The lowest BCUT2D eigenvalue weighted by Gasteiger charge is -2.45. The average Bonchev–Trinajstić information content (AvgIpc) is 2.72. The minimum atomic E-state index is -4.52. The number of hydrogen-bond donors (Lipinski definition) is 2. The second-order valence-electron chi connectivity index (χ2n) is 8.63. The molecule has 0 rings (SSSR count). The molecule has 0 aromatic heterocycles. The molecule has 2 atom stereocenters. The van der Waals surface area contributed by atoms with E-state index in [1.807, 2.05) is 6.92 Å². The first kappa shape index (κ1) is 30.3. The topological polar surface area (TPSA) is 93.1 Å². The van der Waals surface area contributed by atoms with Crippen molar-refractivity contribution in [1.82, 2.24) is 0 Å². The Bertz CT molecular complexity index is 514. The van der Waals surface area contributed by atoms with E-state index in [1.165, 1.54) is 6.08 Å². The highest BCUT2D eigenvalue weighted by molar-refractivity contribution is 7.46. The van der Waals surface area contributed by atoms with Crippen LogP contribution in [0.15, 0.2) is 12.7 Å². The largest absolute Gasteiger partial charge is 0.469 e. The number of nitrogens with zero attached hydrogens (tertiary/aromatic N) is 1. The van der Waals surface area contributed by atoms with Crippen LogP contribution in [0.1, 0.15) is 91.9 Å². The summed E-state index contributed by atoms with van der Waals surface area (Å²) in [6.07, 6.45) is 10.9. The van der Waals surface area contributed by atoms with Crippen molar-refractivity contribution in [2.24, 2.45) is 0 Å². The molecule has 0 aromatic carbocycles. The van der Waals surface area contributed by atoms with Crippen LogP contribution in [0.2, 0.25) is 0 Å². The van der Waals surface area contributed by atoms with E-state index in [0.717, 1.165) is 88.3 Å². The number of rotatable bonds is 20. The summed E-state index contributed by atoms with van der Waals surface area (Å²) in [6.45, 7) is 15.0. The van der Waals surface area contributed by atoms with E-state index in [2.05, 4.69) is 27.4 Å². The van der Waals surface area contributed by atoms with Gasteiger partial charge in [-0.3, -0.25) is 4.52 Å². The fourth-order valence-corrected chi connectivity index (χ4v) is 4.48. The van der Waals surface area contributed by atoms with Crippen molar-refractivity contribution in [3.8, 4) is 0 Å². The van der Waals surface area contributed by atoms with Crippen LogP contribution in [0.3, 0.4) is 0 Å². The highest BCUT2D eigenvalue weighted by Gasteiger charge is 2.37. The first-order chi connectivity index (χ1) is 14.6. The van der Waals surface area contributed by atoms with Gasteiger partial charge in [0.25, 0.3) is 0 Å². The molecule has 8 heteroatoms. The number of carbonyl (C=O) groups excluding carboxylic acids is 1. The highest BCUT2D eigenvalue weighted by atomic mass is 31.2. The molecule has 0 saturated carbocycles. The number of phosphoric acid groups is 1. The second-order valence-corrected chi connectivity index (χ2v) is 9.87. The van der Waals surface area contributed by atoms with Gasteiger partial charge in [-0.25, -0.2) is 9.36 Å². The van der Waals surface area contributed by atoms with Gasteiger partial charge in [0.1, 0.15) is 12.6 Å². The van der Waals surface area contributed by atoms with Crippen molar-refractivity contribution in [3.63, 3.8) is 0 Å². The van der Waals surface area contributed by atoms with Gasteiger partial charge in [-0.2, -0.15) is 0 Å². The average molecular weight is 465 g/mol. The molecule has 0 aromatic rings. The number of ether oxygens (including phenoxy) is 1. The van der Waals surface area contributed by atoms with Crippen LogP contribution >= 0.6 is 7.82 Å². The molecule has 0 amide bonds. The van der Waals surface area contributed by atoms with Gasteiger partial charge >= 0.3 is 13.8 Å². The molecule has 31 heavy (non-hydrogen) atoms. The van der Waals surface area contributed by atoms with Gasteiger partial charge in [0.2, 0.25) is 0 Å². The number of carbonyl (C=O) groups is 1. The van der Waals surface area contributed by atoms with Gasteiger partial charge in [0.15, 0.2) is 0 Å². The van der Waals surface area contributed by atoms with Gasteiger partial charge in [0.05, 0.1) is 25.7 Å². The van der Waals surface area contributed by atoms with Crippen molar-refractivity contribution in [3.05, 3.63) is 12.7 Å². The van der Waals surface area contributed by atoms with Crippen molar-refractivity contribution in [2.75, 3.05) is 26.2 Å². The number of unbranched alkanes of at least 4 members (excludes halogenated alkanes) is 4. The van der Waals surface area contributed by atoms with Gasteiger partial charge < -0.3 is 19.0 Å². The normalized spacial score (nSPS) is 14.3. The van der Waals surface area contributed by atoms with Crippen LogP contribution in [-0.4, -0.2) is 58.6 Å². The van der Waals surface area contributed by atoms with Crippen LogP contribution in [0, 0.1) is 0 Å². The molecule has 0 heterocycles. The van der Waals surface area contributed by atoms with Gasteiger partial charge in [0, 0.05) is 12.5 Å². The first-order valence-corrected chi connectivity index (χ1v) is 13.6. The molecule has 0 radical (unpaired) electrons. The van der Waals surface area contributed by atoms with Crippen LogP contribution in [0.4, 0.5) is 0 Å². The van der Waals surface area contributed by atoms with E-state index >= 15 is 0 Å². The molecule has 0 bridgehead atoms. The van der Waals surface area contributed by atoms with Crippen LogP contribution in [0.5, 0.6) is 0 Å². The first-order valence-electron chi connectivity index (χ1n) is 12.0. The standard InChI is InChI=1S/C23H46NO6P/c1-6-10-17-24(18-11-7-2,19-12-8-3)22(20-29-31(26,27)28)16-14-13-15-21(5)30-23(25)9-4/h9,21-22H,4,6-8,10-20H2,1-3,5H3,(H-,26,27,28)/p+1. The summed E-state index contributed by atoms with van der Waals surface area (Å²) in [6, 6.07) is 0.0447. The maximum absolute atomic E-state index is 11.5. The molecule has 0 aliphatic carbocycles. The van der Waals surface area contributed by atoms with Crippen molar-refractivity contribution >= 4 is 13.8 Å². The molecular formula is C23H47NO6P+. The third-order valence-corrected chi connectivity index (χ3v) is 6.45. The quantitative estimate of drug-likeness (QED) is 0.0828. The Labute approximate surface area is 190 Å². The van der Waals surface area contributed by atoms with Gasteiger partial charge in [-0.15, -0.1) is 0 Å². The maximum Gasteiger partial charge on any atom is 0.469 e. The SMILES string of the molecule is C=CC(=O)OC(C)CCCCC(COP(=O)(O)O)[N+](CCCC)(CCCC)CCCC. The molecule has 0 spiro atoms. The molecule has 0 aliphatic rings. The Morgan fingerprint density at radius 3 is 1.87 bits per heavy atom. The third-order valence-electron chi connectivity index (χ3n) is 5.96. The summed E-state index contributed by atoms with van der Waals surface area (Å²) in [5, 5.41) is 0. The summed E-state index contributed by atoms with van der Waals surface area (Å²) < 4.78 is 22.6. The van der Waals surface area contributed by atoms with Crippen molar-refractivity contribution in [2.45, 2.75) is 104 Å². The van der Waals surface area contributed by atoms with Crippen LogP contribution < -0.4 is 0 Å². The lowest BCUT2D eigenvalue weighted by atomic mass is 10.0. The molecule has 7 nitrogen and oxygen atoms in total. The predicted molar refractivity (Wildman–Crippen MR) is 126 cm³/mol. The van der Waals surface area contributed by atoms with Crippen LogP contribution in [-0.2, 0) is 18.6 Å². The second kappa shape index (κ2) is 16.8. The summed E-state index contributed by atoms with van der Waals surface area (Å²) in [5.41, 5.74) is 0. The minimum Gasteiger partial charge on any atom is -0.460 e. The minimum absolute atomic E-state index is 0.0447. The number of esters is 1. The Hall–Kier alpha value is -0.720. The molecule has 0 aliphatic heterocycles. The maximum atomic E-state index is 11.5. The Balaban J connectivity index is 5.33. The lowest BCUT2D eigenvalue weighted by molar-refractivity contribution is -0.952. The van der Waals surface area contributed by atoms with E-state index in [0.29, 0.717) is 0 Å². The Morgan fingerprint density at radius 2 is 1.45 bits per heavy atom. The Kier molecular flexibility index (Phi) is 16.5. The Morgan fingerprint density at radius 1 is 0.968 bits per heavy atom. The molecule has 0 saturated heterocycles. The lowest BCUT2D eigenvalue weighted by Crippen LogP contribution is -2.58. The highest BCUT2D eigenvalue weighted by Crippen LogP contribution is 2.37. The molecular weight excluding hydrogens is 417 g/mol. The summed E-state index contributed by atoms with van der Waals surface area (Å²) >= 11 is 0. The number of phosphoric ester groups is 1. The van der Waals surface area contributed by atoms with Crippen molar-refractivity contribution < 1.29 is 32.9 Å².